The molecule has 0 atom stereocenters. The first-order valence-corrected chi connectivity index (χ1v) is 12.3. The van der Waals surface area contributed by atoms with Crippen molar-refractivity contribution in [3.63, 3.8) is 0 Å². The average molecular weight is 622 g/mol. The molecule has 0 spiro atoms. The first-order chi connectivity index (χ1) is 11.7. The van der Waals surface area contributed by atoms with E-state index >= 15 is 0 Å². The van der Waals surface area contributed by atoms with Crippen LogP contribution in [-0.4, -0.2) is 25.9 Å². The van der Waals surface area contributed by atoms with Crippen LogP contribution in [0.3, 0.4) is 0 Å². The van der Waals surface area contributed by atoms with Crippen molar-refractivity contribution in [2.75, 3.05) is 0 Å². The molecule has 26 heavy (non-hydrogen) atoms. The maximum atomic E-state index is 11.8. The van der Waals surface area contributed by atoms with Crippen LogP contribution in [0.4, 0.5) is 0 Å². The standard InChI is InChI=1S/C16H16I2O6S2/c1-7-5-11(17)15(25(19,20)21)9(3)13(7)14-8(2)6-12(18)16(10(14)4)26(22,23)24/h5-6H,1-4H3,(H,19,20,21)(H,22,23,24). The molecule has 2 aromatic rings. The highest BCUT2D eigenvalue weighted by Gasteiger charge is 2.27. The fourth-order valence-corrected chi connectivity index (χ4v) is 8.24. The molecule has 2 N–H and O–H groups in total. The summed E-state index contributed by atoms with van der Waals surface area (Å²) in [4.78, 5) is -0.408. The zero-order chi connectivity index (χ0) is 20.2. The van der Waals surface area contributed by atoms with Crippen molar-refractivity contribution in [1.82, 2.24) is 0 Å². The quantitative estimate of drug-likeness (QED) is 0.391. The van der Waals surface area contributed by atoms with E-state index in [1.54, 1.807) is 39.8 Å². The second kappa shape index (κ2) is 7.28. The van der Waals surface area contributed by atoms with Crippen LogP contribution in [0.2, 0.25) is 0 Å². The number of benzene rings is 2. The van der Waals surface area contributed by atoms with Gasteiger partial charge in [0.1, 0.15) is 9.79 Å². The lowest BCUT2D eigenvalue weighted by atomic mass is 9.89. The second-order valence-corrected chi connectivity index (χ2v) is 11.0. The lowest BCUT2D eigenvalue weighted by Crippen LogP contribution is -2.10. The predicted octanol–water partition coefficient (Wildman–Crippen LogP) is 4.29. The minimum atomic E-state index is -4.46. The third kappa shape index (κ3) is 3.94. The lowest BCUT2D eigenvalue weighted by molar-refractivity contribution is 0.479. The first-order valence-electron chi connectivity index (χ1n) is 7.22. The smallest absolute Gasteiger partial charge is 0.282 e. The van der Waals surface area contributed by atoms with Crippen LogP contribution in [-0.2, 0) is 20.2 Å². The van der Waals surface area contributed by atoms with E-state index < -0.39 is 20.2 Å². The van der Waals surface area contributed by atoms with E-state index in [1.165, 1.54) is 0 Å². The normalized spacial score (nSPS) is 12.5. The number of rotatable bonds is 3. The molecular weight excluding hydrogens is 606 g/mol. The predicted molar refractivity (Wildman–Crippen MR) is 116 cm³/mol. The van der Waals surface area contributed by atoms with E-state index in [2.05, 4.69) is 0 Å². The van der Waals surface area contributed by atoms with Crippen molar-refractivity contribution < 1.29 is 25.9 Å². The Labute approximate surface area is 180 Å². The summed E-state index contributed by atoms with van der Waals surface area (Å²) in [6.45, 7) is 6.69. The van der Waals surface area contributed by atoms with Crippen LogP contribution >= 0.6 is 45.2 Å². The van der Waals surface area contributed by atoms with Crippen molar-refractivity contribution in [1.29, 1.82) is 0 Å². The molecule has 0 heterocycles. The highest BCUT2D eigenvalue weighted by atomic mass is 127. The molecule has 0 aliphatic carbocycles. The molecule has 2 rings (SSSR count). The molecule has 2 aromatic carbocycles. The van der Waals surface area contributed by atoms with Gasteiger partial charge >= 0.3 is 0 Å². The fraction of sp³-hybridized carbons (Fsp3) is 0.250. The van der Waals surface area contributed by atoms with Crippen LogP contribution < -0.4 is 0 Å². The largest absolute Gasteiger partial charge is 0.295 e. The van der Waals surface area contributed by atoms with Gasteiger partial charge in [0, 0.05) is 7.14 Å². The molecule has 0 unspecified atom stereocenters. The Morgan fingerprint density at radius 3 is 1.19 bits per heavy atom. The van der Waals surface area contributed by atoms with Gasteiger partial charge in [0.25, 0.3) is 20.2 Å². The molecule has 0 radical (unpaired) electrons. The van der Waals surface area contributed by atoms with Gasteiger partial charge in [-0.15, -0.1) is 0 Å². The van der Waals surface area contributed by atoms with Gasteiger partial charge in [-0.3, -0.25) is 9.11 Å². The van der Waals surface area contributed by atoms with Gasteiger partial charge in [0.05, 0.1) is 0 Å². The summed E-state index contributed by atoms with van der Waals surface area (Å²) in [5, 5.41) is 0. The Balaban J connectivity index is 3.09. The molecule has 142 valence electrons. The summed E-state index contributed by atoms with van der Waals surface area (Å²) in [5.41, 5.74) is 3.15. The molecule has 0 aromatic heterocycles. The number of aryl methyl sites for hydroxylation is 2. The van der Waals surface area contributed by atoms with Gasteiger partial charge in [0.15, 0.2) is 0 Å². The lowest BCUT2D eigenvalue weighted by Gasteiger charge is -2.21. The second-order valence-electron chi connectivity index (χ2n) is 5.96. The Hall–Kier alpha value is -0.280. The highest BCUT2D eigenvalue weighted by molar-refractivity contribution is 14.1. The minimum Gasteiger partial charge on any atom is -0.282 e. The molecule has 0 fully saturated rings. The van der Waals surface area contributed by atoms with Crippen LogP contribution in [0.15, 0.2) is 21.9 Å². The zero-order valence-corrected chi connectivity index (χ0v) is 20.2. The van der Waals surface area contributed by atoms with Gasteiger partial charge in [-0.05, 0) is 118 Å². The molecule has 0 aliphatic heterocycles. The van der Waals surface area contributed by atoms with Crippen LogP contribution in [0.25, 0.3) is 11.1 Å². The Bertz CT molecular complexity index is 1040. The van der Waals surface area contributed by atoms with Crippen LogP contribution in [0.1, 0.15) is 22.3 Å². The third-order valence-corrected chi connectivity index (χ3v) is 8.62. The average Bonchev–Trinajstić information content (AvgIpc) is 2.37. The van der Waals surface area contributed by atoms with Gasteiger partial charge in [-0.1, -0.05) is 0 Å². The van der Waals surface area contributed by atoms with E-state index in [4.69, 9.17) is 0 Å². The Morgan fingerprint density at radius 2 is 0.962 bits per heavy atom. The van der Waals surface area contributed by atoms with Crippen molar-refractivity contribution in [3.8, 4) is 11.1 Å². The molecule has 6 nitrogen and oxygen atoms in total. The summed E-state index contributed by atoms with van der Waals surface area (Å²) in [5.74, 6) is 0. The van der Waals surface area contributed by atoms with E-state index in [1.807, 2.05) is 45.2 Å². The molecule has 0 amide bonds. The van der Waals surface area contributed by atoms with Gasteiger partial charge < -0.3 is 0 Å². The van der Waals surface area contributed by atoms with Crippen LogP contribution in [0, 0.1) is 34.8 Å². The maximum Gasteiger partial charge on any atom is 0.295 e. The maximum absolute atomic E-state index is 11.8. The van der Waals surface area contributed by atoms with E-state index in [-0.39, 0.29) is 9.79 Å². The van der Waals surface area contributed by atoms with Crippen LogP contribution in [0.5, 0.6) is 0 Å². The Kier molecular flexibility index (Phi) is 6.16. The number of hydrogen-bond donors (Lipinski definition) is 2. The molecule has 0 aliphatic rings. The van der Waals surface area contributed by atoms with E-state index in [0.29, 0.717) is 29.4 Å². The van der Waals surface area contributed by atoms with Gasteiger partial charge in [-0.25, -0.2) is 0 Å². The van der Waals surface area contributed by atoms with Crippen molar-refractivity contribution in [2.45, 2.75) is 37.5 Å². The molecule has 10 heteroatoms. The third-order valence-electron chi connectivity index (χ3n) is 4.11. The zero-order valence-electron chi connectivity index (χ0n) is 14.3. The monoisotopic (exact) mass is 622 g/mol. The fourth-order valence-electron chi connectivity index (χ4n) is 3.24. The summed E-state index contributed by atoms with van der Waals surface area (Å²) in [6, 6.07) is 3.24. The minimum absolute atomic E-state index is 0.204. The Morgan fingerprint density at radius 1 is 0.692 bits per heavy atom. The van der Waals surface area contributed by atoms with Gasteiger partial charge in [-0.2, -0.15) is 16.8 Å². The molecule has 0 saturated heterocycles. The summed E-state index contributed by atoms with van der Waals surface area (Å²) in [7, 11) is -8.92. The van der Waals surface area contributed by atoms with Crippen molar-refractivity contribution in [2.24, 2.45) is 0 Å². The van der Waals surface area contributed by atoms with Crippen molar-refractivity contribution >= 4 is 65.4 Å². The number of hydrogen-bond acceptors (Lipinski definition) is 4. The molecule has 0 saturated carbocycles. The highest BCUT2D eigenvalue weighted by Crippen LogP contribution is 2.40. The van der Waals surface area contributed by atoms with Crippen molar-refractivity contribution in [3.05, 3.63) is 41.5 Å². The summed E-state index contributed by atoms with van der Waals surface area (Å²) in [6.07, 6.45) is 0. The first kappa shape index (κ1) is 22.0. The number of halogens is 2. The summed E-state index contributed by atoms with van der Waals surface area (Å²) >= 11 is 3.68. The SMILES string of the molecule is Cc1cc(I)c(S(=O)(=O)O)c(C)c1-c1c(C)cc(I)c(S(=O)(=O)O)c1C. The molecular formula is C16H16I2O6S2. The topological polar surface area (TPSA) is 109 Å². The van der Waals surface area contributed by atoms with E-state index in [9.17, 15) is 25.9 Å². The summed E-state index contributed by atoms with van der Waals surface area (Å²) < 4.78 is 67.3. The van der Waals surface area contributed by atoms with Gasteiger partial charge in [0.2, 0.25) is 0 Å². The van der Waals surface area contributed by atoms with E-state index in [0.717, 1.165) is 11.1 Å². The molecule has 0 bridgehead atoms.